The minimum atomic E-state index is -1.21. The van der Waals surface area contributed by atoms with Crippen LogP contribution in [0.2, 0.25) is 0 Å². The van der Waals surface area contributed by atoms with Crippen molar-refractivity contribution in [3.05, 3.63) is 47.3 Å². The van der Waals surface area contributed by atoms with Crippen LogP contribution in [0.3, 0.4) is 0 Å². The lowest BCUT2D eigenvalue weighted by atomic mass is 10.0. The molecule has 13 heteroatoms. The molecule has 2 amide bonds. The number of rotatable bonds is 12. The van der Waals surface area contributed by atoms with E-state index in [-0.39, 0.29) is 12.5 Å². The predicted molar refractivity (Wildman–Crippen MR) is 147 cm³/mol. The van der Waals surface area contributed by atoms with Gasteiger partial charge in [0, 0.05) is 44.1 Å². The second kappa shape index (κ2) is 14.7. The molecule has 13 nitrogen and oxygen atoms in total. The second-order valence-corrected chi connectivity index (χ2v) is 9.99. The monoisotopic (exact) mass is 560 g/mol. The van der Waals surface area contributed by atoms with E-state index in [4.69, 9.17) is 30.8 Å². The number of nitrogens with zero attached hydrogens (tertiary/aromatic N) is 4. The van der Waals surface area contributed by atoms with E-state index in [0.29, 0.717) is 31.1 Å². The molecule has 1 atom stereocenters. The highest BCUT2D eigenvalue weighted by Crippen LogP contribution is 2.29. The molecule has 220 valence electrons. The number of fused-ring (bicyclic) bond motifs is 1. The van der Waals surface area contributed by atoms with E-state index in [2.05, 4.69) is 22.4 Å². The van der Waals surface area contributed by atoms with Crippen molar-refractivity contribution in [3.8, 4) is 5.88 Å². The van der Waals surface area contributed by atoms with E-state index >= 15 is 0 Å². The Bertz CT molecular complexity index is 1100. The highest BCUT2D eigenvalue weighted by molar-refractivity contribution is 5.78. The molecule has 1 fully saturated rings. The van der Waals surface area contributed by atoms with Crippen molar-refractivity contribution in [1.82, 2.24) is 19.8 Å². The molecule has 0 radical (unpaired) electrons. The first-order valence-corrected chi connectivity index (χ1v) is 13.3. The second-order valence-electron chi connectivity index (χ2n) is 9.99. The number of hydrogen-bond donors (Lipinski definition) is 6. The average molecular weight is 561 g/mol. The maximum absolute atomic E-state index is 13.0. The topological polar surface area (TPSA) is 195 Å². The van der Waals surface area contributed by atoms with E-state index in [1.54, 1.807) is 28.1 Å². The third kappa shape index (κ3) is 8.24. The maximum Gasteiger partial charge on any atom is 0.320 e. The summed E-state index contributed by atoms with van der Waals surface area (Å²) < 4.78 is 5.08. The highest BCUT2D eigenvalue weighted by Gasteiger charge is 2.35. The molecular weight excluding hydrogens is 520 g/mol. The Kier molecular flexibility index (Phi) is 11.4. The third-order valence-electron chi connectivity index (χ3n) is 6.98. The first-order valence-electron chi connectivity index (χ1n) is 13.3. The van der Waals surface area contributed by atoms with Gasteiger partial charge >= 0.3 is 12.0 Å². The summed E-state index contributed by atoms with van der Waals surface area (Å²) >= 11 is 0. The van der Waals surface area contributed by atoms with Crippen molar-refractivity contribution >= 4 is 17.8 Å². The minimum absolute atomic E-state index is 0.132. The molecule has 2 aliphatic rings. The molecule has 0 saturated carbocycles. The number of nitrogens with one attached hydrogen (secondary N) is 1. The first kappa shape index (κ1) is 31.0. The lowest BCUT2D eigenvalue weighted by molar-refractivity contribution is -0.138. The Morgan fingerprint density at radius 3 is 2.52 bits per heavy atom. The summed E-state index contributed by atoms with van der Waals surface area (Å²) in [6.07, 6.45) is 5.21. The van der Waals surface area contributed by atoms with Crippen LogP contribution in [0.4, 0.5) is 10.6 Å². The van der Waals surface area contributed by atoms with Gasteiger partial charge in [0.15, 0.2) is 0 Å². The fraction of sp³-hybridized carbons (Fsp3) is 0.556. The number of nitrogens with two attached hydrogens (primary N) is 1. The van der Waals surface area contributed by atoms with Gasteiger partial charge in [-0.1, -0.05) is 12.1 Å². The standard InChI is InChI=1S/C23H29N5O4.C4H11NO3/c1-32-20-9-7-17(15-25-20)19(14-21(29)30)28-13-12-27(23(28)31)11-3-5-18-8-6-16-4-2-10-24-22(16)26-18;5-4(1-6,2-7)3-8/h6-9,15,19H,2-5,10-14H2,1H3,(H,24,26)(H,29,30);6-8H,1-3,5H2/t19-;/m1./s1. The number of aliphatic hydroxyl groups is 3. The van der Waals surface area contributed by atoms with Crippen LogP contribution < -0.4 is 15.8 Å². The molecular formula is C27H40N6O7. The Hall–Kier alpha value is -3.52. The van der Waals surface area contributed by atoms with Crippen LogP contribution in [-0.4, -0.2) is 111 Å². The van der Waals surface area contributed by atoms with Crippen LogP contribution in [0.15, 0.2) is 30.5 Å². The van der Waals surface area contributed by atoms with E-state index in [0.717, 1.165) is 43.7 Å². The molecule has 0 spiro atoms. The zero-order valence-electron chi connectivity index (χ0n) is 22.8. The van der Waals surface area contributed by atoms with Crippen molar-refractivity contribution in [2.24, 2.45) is 5.73 Å². The van der Waals surface area contributed by atoms with Gasteiger partial charge in [0.1, 0.15) is 5.82 Å². The van der Waals surface area contributed by atoms with E-state index in [1.807, 2.05) is 0 Å². The average Bonchev–Trinajstić information content (AvgIpc) is 3.35. The van der Waals surface area contributed by atoms with Gasteiger partial charge in [0.25, 0.3) is 0 Å². The van der Waals surface area contributed by atoms with Gasteiger partial charge in [-0.25, -0.2) is 14.8 Å². The van der Waals surface area contributed by atoms with E-state index in [1.165, 1.54) is 12.7 Å². The van der Waals surface area contributed by atoms with Gasteiger partial charge in [-0.3, -0.25) is 4.79 Å². The number of amides is 2. The number of anilines is 1. The highest BCUT2D eigenvalue weighted by atomic mass is 16.5. The van der Waals surface area contributed by atoms with Gasteiger partial charge in [0.2, 0.25) is 5.88 Å². The number of carboxylic acids is 1. The number of pyridine rings is 2. The molecule has 4 heterocycles. The van der Waals surface area contributed by atoms with Crippen LogP contribution in [0, 0.1) is 0 Å². The molecule has 2 aliphatic heterocycles. The summed E-state index contributed by atoms with van der Waals surface area (Å²) in [6.45, 7) is 1.44. The number of urea groups is 1. The first-order chi connectivity index (χ1) is 19.2. The maximum atomic E-state index is 13.0. The van der Waals surface area contributed by atoms with Gasteiger partial charge in [-0.2, -0.15) is 0 Å². The number of carbonyl (C=O) groups is 2. The Balaban J connectivity index is 0.000000482. The summed E-state index contributed by atoms with van der Waals surface area (Å²) in [6, 6.07) is 6.98. The number of methoxy groups -OCH3 is 1. The SMILES string of the molecule is COc1ccc([C@@H](CC(=O)O)N2CCN(CCCc3ccc4c(n3)NCCC4)C2=O)cn1.NC(CO)(CO)CO. The van der Waals surface area contributed by atoms with Crippen LogP contribution in [-0.2, 0) is 17.6 Å². The molecule has 2 aromatic heterocycles. The number of aromatic nitrogens is 2. The summed E-state index contributed by atoms with van der Waals surface area (Å²) in [7, 11) is 1.52. The van der Waals surface area contributed by atoms with Crippen molar-refractivity contribution < 1.29 is 34.8 Å². The number of ether oxygens (including phenoxy) is 1. The Morgan fingerprint density at radius 2 is 1.93 bits per heavy atom. The molecule has 0 bridgehead atoms. The van der Waals surface area contributed by atoms with E-state index < -0.39 is 37.4 Å². The molecule has 40 heavy (non-hydrogen) atoms. The number of carbonyl (C=O) groups excluding carboxylic acids is 1. The molecule has 4 rings (SSSR count). The fourth-order valence-corrected chi connectivity index (χ4v) is 4.49. The Morgan fingerprint density at radius 1 is 1.18 bits per heavy atom. The van der Waals surface area contributed by atoms with Crippen LogP contribution in [0.5, 0.6) is 5.88 Å². The van der Waals surface area contributed by atoms with E-state index in [9.17, 15) is 14.7 Å². The van der Waals surface area contributed by atoms with Crippen LogP contribution >= 0.6 is 0 Å². The van der Waals surface area contributed by atoms with Gasteiger partial charge < -0.3 is 46.0 Å². The summed E-state index contributed by atoms with van der Waals surface area (Å²) in [5, 5.41) is 37.8. The van der Waals surface area contributed by atoms with Gasteiger partial charge in [-0.05, 0) is 42.9 Å². The Labute approximate surface area is 233 Å². The normalized spacial score (nSPS) is 15.6. The largest absolute Gasteiger partial charge is 0.481 e. The predicted octanol–water partition coefficient (Wildman–Crippen LogP) is 0.390. The molecule has 2 aromatic rings. The third-order valence-corrected chi connectivity index (χ3v) is 6.98. The summed E-state index contributed by atoms with van der Waals surface area (Å²) in [4.78, 5) is 36.8. The fourth-order valence-electron chi connectivity index (χ4n) is 4.49. The zero-order chi connectivity index (χ0) is 29.1. The van der Waals surface area contributed by atoms with Crippen molar-refractivity contribution in [2.45, 2.75) is 43.7 Å². The molecule has 0 aliphatic carbocycles. The van der Waals surface area contributed by atoms with Crippen molar-refractivity contribution in [2.75, 3.05) is 58.4 Å². The van der Waals surface area contributed by atoms with Crippen molar-refractivity contribution in [1.29, 1.82) is 0 Å². The summed E-state index contributed by atoms with van der Waals surface area (Å²) in [5.41, 5.74) is 6.92. The lowest BCUT2D eigenvalue weighted by Crippen LogP contribution is -2.50. The van der Waals surface area contributed by atoms with Crippen molar-refractivity contribution in [3.63, 3.8) is 0 Å². The van der Waals surface area contributed by atoms with Crippen LogP contribution in [0.1, 0.15) is 42.1 Å². The summed E-state index contributed by atoms with van der Waals surface area (Å²) in [5.74, 6) is 0.481. The molecule has 0 unspecified atom stereocenters. The molecule has 0 aromatic carbocycles. The zero-order valence-corrected chi connectivity index (χ0v) is 22.8. The minimum Gasteiger partial charge on any atom is -0.481 e. The lowest BCUT2D eigenvalue weighted by Gasteiger charge is -2.27. The van der Waals surface area contributed by atoms with Gasteiger partial charge in [-0.15, -0.1) is 0 Å². The number of carboxylic acid groups (broad SMARTS) is 1. The smallest absolute Gasteiger partial charge is 0.320 e. The van der Waals surface area contributed by atoms with Crippen LogP contribution in [0.25, 0.3) is 0 Å². The number of aryl methyl sites for hydroxylation is 2. The molecule has 7 N–H and O–H groups in total. The quantitative estimate of drug-likeness (QED) is 0.210. The number of hydrogen-bond acceptors (Lipinski definition) is 10. The number of aliphatic carboxylic acids is 1. The van der Waals surface area contributed by atoms with Gasteiger partial charge in [0.05, 0.1) is 44.9 Å². The number of aliphatic hydroxyl groups excluding tert-OH is 3. The molecule has 1 saturated heterocycles.